The first-order valence-corrected chi connectivity index (χ1v) is 10.7. The molecule has 0 bridgehead atoms. The molecular formula is C22H23N3O4S. The number of ether oxygens (including phenoxy) is 1. The molecule has 1 aliphatic rings. The Morgan fingerprint density at radius 2 is 2.10 bits per heavy atom. The fraction of sp³-hybridized carbons (Fsp3) is 0.318. The van der Waals surface area contributed by atoms with Crippen molar-refractivity contribution in [2.45, 2.75) is 32.4 Å². The number of nitrogens with zero attached hydrogens (tertiary/aromatic N) is 2. The number of hydrogen-bond donors (Lipinski definition) is 1. The molecule has 3 heterocycles. The van der Waals surface area contributed by atoms with E-state index < -0.39 is 0 Å². The standard InChI is InChI=1S/C22H23N3O4S/c1-15-23-19(14-30-15)13-29-20-4-2-3-16(11-20)21(26)24-18-5-8-25(9-6-18)22(27)17-7-10-28-12-17/h2-4,7,10-12,14,18H,5-6,8-9,13H2,1H3,(H,24,26). The van der Waals surface area contributed by atoms with Gasteiger partial charge in [0.2, 0.25) is 0 Å². The number of rotatable bonds is 6. The van der Waals surface area contributed by atoms with Crippen molar-refractivity contribution in [1.29, 1.82) is 0 Å². The summed E-state index contributed by atoms with van der Waals surface area (Å²) in [5.74, 6) is 0.465. The quantitative estimate of drug-likeness (QED) is 0.652. The first-order chi connectivity index (χ1) is 14.6. The van der Waals surface area contributed by atoms with Crippen LogP contribution in [0.25, 0.3) is 0 Å². The van der Waals surface area contributed by atoms with Gasteiger partial charge in [0.25, 0.3) is 11.8 Å². The number of amides is 2. The normalized spacial score (nSPS) is 14.5. The van der Waals surface area contributed by atoms with Crippen molar-refractivity contribution in [3.05, 3.63) is 70.1 Å². The monoisotopic (exact) mass is 425 g/mol. The molecule has 0 saturated carbocycles. The summed E-state index contributed by atoms with van der Waals surface area (Å²) in [4.78, 5) is 31.2. The summed E-state index contributed by atoms with van der Waals surface area (Å²) in [6.45, 7) is 3.53. The topological polar surface area (TPSA) is 84.7 Å². The van der Waals surface area contributed by atoms with Crippen LogP contribution >= 0.6 is 11.3 Å². The van der Waals surface area contributed by atoms with E-state index in [9.17, 15) is 9.59 Å². The summed E-state index contributed by atoms with van der Waals surface area (Å²) in [5.41, 5.74) is 1.99. The molecule has 1 aliphatic heterocycles. The third-order valence-corrected chi connectivity index (χ3v) is 5.86. The van der Waals surface area contributed by atoms with E-state index >= 15 is 0 Å². The molecule has 0 atom stereocenters. The van der Waals surface area contributed by atoms with Crippen molar-refractivity contribution in [1.82, 2.24) is 15.2 Å². The van der Waals surface area contributed by atoms with E-state index in [1.54, 1.807) is 34.4 Å². The van der Waals surface area contributed by atoms with Crippen molar-refractivity contribution in [2.24, 2.45) is 0 Å². The van der Waals surface area contributed by atoms with Crippen LogP contribution < -0.4 is 10.1 Å². The molecule has 1 aromatic carbocycles. The molecule has 30 heavy (non-hydrogen) atoms. The Balaban J connectivity index is 1.28. The maximum absolute atomic E-state index is 12.7. The first-order valence-electron chi connectivity index (χ1n) is 9.85. The van der Waals surface area contributed by atoms with Crippen molar-refractivity contribution in [2.75, 3.05) is 13.1 Å². The highest BCUT2D eigenvalue weighted by Gasteiger charge is 2.25. The van der Waals surface area contributed by atoms with Crippen LogP contribution in [0.3, 0.4) is 0 Å². The van der Waals surface area contributed by atoms with E-state index in [2.05, 4.69) is 10.3 Å². The maximum Gasteiger partial charge on any atom is 0.257 e. The Morgan fingerprint density at radius 1 is 1.27 bits per heavy atom. The number of carbonyl (C=O) groups excluding carboxylic acids is 2. The number of carbonyl (C=O) groups is 2. The lowest BCUT2D eigenvalue weighted by molar-refractivity contribution is 0.0697. The molecule has 0 unspecified atom stereocenters. The zero-order chi connectivity index (χ0) is 20.9. The average molecular weight is 426 g/mol. The van der Waals surface area contributed by atoms with Gasteiger partial charge in [-0.1, -0.05) is 6.07 Å². The minimum absolute atomic E-state index is 0.0336. The Morgan fingerprint density at radius 3 is 2.80 bits per heavy atom. The molecule has 1 N–H and O–H groups in total. The molecule has 8 heteroatoms. The van der Waals surface area contributed by atoms with Gasteiger partial charge in [0.15, 0.2) is 0 Å². The van der Waals surface area contributed by atoms with Crippen LogP contribution in [0.1, 0.15) is 44.3 Å². The minimum Gasteiger partial charge on any atom is -0.487 e. The largest absolute Gasteiger partial charge is 0.487 e. The van der Waals surface area contributed by atoms with Crippen molar-refractivity contribution in [3.8, 4) is 5.75 Å². The molecule has 0 radical (unpaired) electrons. The van der Waals surface area contributed by atoms with Crippen LogP contribution in [0.5, 0.6) is 5.75 Å². The highest BCUT2D eigenvalue weighted by atomic mass is 32.1. The average Bonchev–Trinajstić information content (AvgIpc) is 3.44. The van der Waals surface area contributed by atoms with E-state index in [1.165, 1.54) is 12.5 Å². The summed E-state index contributed by atoms with van der Waals surface area (Å²) in [5, 5.41) is 6.04. The molecule has 0 spiro atoms. The maximum atomic E-state index is 12.7. The third kappa shape index (κ3) is 4.88. The number of likely N-dealkylation sites (tertiary alicyclic amines) is 1. The van der Waals surface area contributed by atoms with Crippen LogP contribution in [-0.4, -0.2) is 40.8 Å². The lowest BCUT2D eigenvalue weighted by atomic mass is 10.0. The van der Waals surface area contributed by atoms with Crippen molar-refractivity contribution < 1.29 is 18.7 Å². The SMILES string of the molecule is Cc1nc(COc2cccc(C(=O)NC3CCN(C(=O)c4ccoc4)CC3)c2)cs1. The number of piperidine rings is 1. The molecule has 4 rings (SSSR count). The van der Waals surface area contributed by atoms with E-state index in [0.29, 0.717) is 49.4 Å². The molecule has 2 aromatic heterocycles. The highest BCUT2D eigenvalue weighted by Crippen LogP contribution is 2.18. The lowest BCUT2D eigenvalue weighted by Gasteiger charge is -2.32. The van der Waals surface area contributed by atoms with Crippen LogP contribution in [0.4, 0.5) is 0 Å². The Bertz CT molecular complexity index is 1010. The Labute approximate surface area is 178 Å². The predicted molar refractivity (Wildman–Crippen MR) is 113 cm³/mol. The second kappa shape index (κ2) is 9.13. The number of hydrogen-bond acceptors (Lipinski definition) is 6. The molecule has 7 nitrogen and oxygen atoms in total. The number of benzene rings is 1. The Kier molecular flexibility index (Phi) is 6.13. The summed E-state index contributed by atoms with van der Waals surface area (Å²) in [6, 6.07) is 8.85. The third-order valence-electron chi connectivity index (χ3n) is 5.04. The number of thiazole rings is 1. The van der Waals surface area contributed by atoms with Gasteiger partial charge < -0.3 is 19.4 Å². The van der Waals surface area contributed by atoms with E-state index in [0.717, 1.165) is 10.7 Å². The number of aryl methyl sites for hydroxylation is 1. The van der Waals surface area contributed by atoms with Gasteiger partial charge in [-0.15, -0.1) is 11.3 Å². The summed E-state index contributed by atoms with van der Waals surface area (Å²) < 4.78 is 10.8. The molecule has 1 saturated heterocycles. The zero-order valence-corrected chi connectivity index (χ0v) is 17.5. The van der Waals surface area contributed by atoms with Gasteiger partial charge in [-0.05, 0) is 44.0 Å². The second-order valence-corrected chi connectivity index (χ2v) is 8.29. The van der Waals surface area contributed by atoms with Crippen molar-refractivity contribution in [3.63, 3.8) is 0 Å². The highest BCUT2D eigenvalue weighted by molar-refractivity contribution is 7.09. The van der Waals surface area contributed by atoms with Crippen LogP contribution in [-0.2, 0) is 6.61 Å². The van der Waals surface area contributed by atoms with Gasteiger partial charge in [0, 0.05) is 30.1 Å². The van der Waals surface area contributed by atoms with E-state index in [1.807, 2.05) is 24.4 Å². The molecule has 2 amide bonds. The second-order valence-electron chi connectivity index (χ2n) is 7.23. The van der Waals surface area contributed by atoms with Gasteiger partial charge in [-0.25, -0.2) is 4.98 Å². The molecule has 0 aliphatic carbocycles. The predicted octanol–water partition coefficient (Wildman–Crippen LogP) is 3.66. The van der Waals surface area contributed by atoms with Gasteiger partial charge in [0.05, 0.1) is 22.5 Å². The first kappa shape index (κ1) is 20.2. The van der Waals surface area contributed by atoms with Crippen LogP contribution in [0.15, 0.2) is 52.7 Å². The molecule has 1 fully saturated rings. The fourth-order valence-electron chi connectivity index (χ4n) is 3.42. The van der Waals surface area contributed by atoms with Gasteiger partial charge in [0.1, 0.15) is 18.6 Å². The van der Waals surface area contributed by atoms with Crippen LogP contribution in [0, 0.1) is 6.92 Å². The van der Waals surface area contributed by atoms with Crippen LogP contribution in [0.2, 0.25) is 0 Å². The molecule has 3 aromatic rings. The summed E-state index contributed by atoms with van der Waals surface area (Å²) >= 11 is 1.58. The summed E-state index contributed by atoms with van der Waals surface area (Å²) in [7, 11) is 0. The Hall–Kier alpha value is -3.13. The number of aromatic nitrogens is 1. The zero-order valence-electron chi connectivity index (χ0n) is 16.7. The smallest absolute Gasteiger partial charge is 0.257 e. The minimum atomic E-state index is -0.135. The number of nitrogens with one attached hydrogen (secondary N) is 1. The van der Waals surface area contributed by atoms with Gasteiger partial charge in [-0.3, -0.25) is 9.59 Å². The lowest BCUT2D eigenvalue weighted by Crippen LogP contribution is -2.46. The molecule has 156 valence electrons. The van der Waals surface area contributed by atoms with Gasteiger partial charge in [-0.2, -0.15) is 0 Å². The number of furan rings is 1. The van der Waals surface area contributed by atoms with Gasteiger partial charge >= 0.3 is 0 Å². The van der Waals surface area contributed by atoms with Crippen molar-refractivity contribution >= 4 is 23.2 Å². The summed E-state index contributed by atoms with van der Waals surface area (Å²) in [6.07, 6.45) is 4.39. The molecular weight excluding hydrogens is 402 g/mol. The van der Waals surface area contributed by atoms with E-state index in [4.69, 9.17) is 9.15 Å². The fourth-order valence-corrected chi connectivity index (χ4v) is 4.02. The van der Waals surface area contributed by atoms with E-state index in [-0.39, 0.29) is 17.9 Å².